The van der Waals surface area contributed by atoms with Gasteiger partial charge in [0.2, 0.25) is 5.95 Å². The third-order valence-corrected chi connectivity index (χ3v) is 7.94. The Balaban J connectivity index is 1.50. The number of methoxy groups -OCH3 is 1. The molecule has 0 bridgehead atoms. The fourth-order valence-corrected chi connectivity index (χ4v) is 5.82. The Kier molecular flexibility index (Phi) is 7.99. The molecule has 1 aliphatic rings. The Morgan fingerprint density at radius 2 is 1.85 bits per heavy atom. The van der Waals surface area contributed by atoms with Crippen molar-refractivity contribution in [3.05, 3.63) is 64.5 Å². The van der Waals surface area contributed by atoms with Crippen molar-refractivity contribution < 1.29 is 14.3 Å². The van der Waals surface area contributed by atoms with Crippen molar-refractivity contribution in [2.75, 3.05) is 37.9 Å². The third-order valence-electron chi connectivity index (χ3n) is 7.02. The molecule has 204 valence electrons. The lowest BCUT2D eigenvalue weighted by Crippen LogP contribution is -2.29. The number of carbonyl (C=O) groups excluding carboxylic acids is 1. The SMILES string of the molecule is COC(=O)c1ccccc1Nc1nc(Nc2cc(C)c(C3CCN(C)CC3)cc2OC(C)C)nc2ccsc12. The summed E-state index contributed by atoms with van der Waals surface area (Å²) in [6, 6.07) is 13.5. The maximum atomic E-state index is 12.3. The Labute approximate surface area is 233 Å². The lowest BCUT2D eigenvalue weighted by molar-refractivity contribution is 0.0602. The van der Waals surface area contributed by atoms with Crippen molar-refractivity contribution in [2.45, 2.75) is 45.6 Å². The van der Waals surface area contributed by atoms with Gasteiger partial charge in [-0.15, -0.1) is 11.3 Å². The van der Waals surface area contributed by atoms with Gasteiger partial charge >= 0.3 is 5.97 Å². The number of para-hydroxylation sites is 1. The van der Waals surface area contributed by atoms with E-state index in [1.165, 1.54) is 18.2 Å². The molecule has 4 aromatic rings. The van der Waals surface area contributed by atoms with Gasteiger partial charge in [0.15, 0.2) is 5.82 Å². The average molecular weight is 546 g/mol. The summed E-state index contributed by atoms with van der Waals surface area (Å²) in [6.45, 7) is 8.44. The molecular formula is C30H35N5O3S. The van der Waals surface area contributed by atoms with E-state index >= 15 is 0 Å². The maximum Gasteiger partial charge on any atom is 0.339 e. The van der Waals surface area contributed by atoms with Crippen LogP contribution in [0.25, 0.3) is 10.2 Å². The largest absolute Gasteiger partial charge is 0.489 e. The number of anilines is 4. The monoisotopic (exact) mass is 545 g/mol. The van der Waals surface area contributed by atoms with E-state index in [1.807, 2.05) is 37.4 Å². The van der Waals surface area contributed by atoms with Crippen molar-refractivity contribution in [3.8, 4) is 5.75 Å². The number of benzene rings is 2. The van der Waals surface area contributed by atoms with E-state index in [-0.39, 0.29) is 6.10 Å². The number of piperidine rings is 1. The minimum Gasteiger partial charge on any atom is -0.489 e. The summed E-state index contributed by atoms with van der Waals surface area (Å²) in [5, 5.41) is 8.75. The van der Waals surface area contributed by atoms with Gasteiger partial charge in [-0.05, 0) is 107 Å². The van der Waals surface area contributed by atoms with Crippen molar-refractivity contribution in [2.24, 2.45) is 0 Å². The lowest BCUT2D eigenvalue weighted by atomic mass is 9.86. The van der Waals surface area contributed by atoms with Gasteiger partial charge in [0, 0.05) is 0 Å². The highest BCUT2D eigenvalue weighted by Gasteiger charge is 2.23. The van der Waals surface area contributed by atoms with Crippen molar-refractivity contribution in [1.82, 2.24) is 14.9 Å². The fraction of sp³-hybridized carbons (Fsp3) is 0.367. The van der Waals surface area contributed by atoms with Gasteiger partial charge in [-0.3, -0.25) is 0 Å². The highest BCUT2D eigenvalue weighted by Crippen LogP contribution is 2.38. The smallest absolute Gasteiger partial charge is 0.339 e. The molecule has 39 heavy (non-hydrogen) atoms. The van der Waals surface area contributed by atoms with Crippen LogP contribution >= 0.6 is 11.3 Å². The number of hydrogen-bond donors (Lipinski definition) is 2. The van der Waals surface area contributed by atoms with Gasteiger partial charge in [0.05, 0.1) is 40.4 Å². The number of aryl methyl sites for hydroxylation is 1. The molecule has 8 nitrogen and oxygen atoms in total. The molecule has 0 saturated carbocycles. The minimum absolute atomic E-state index is 0.0194. The molecule has 1 aliphatic heterocycles. The van der Waals surface area contributed by atoms with E-state index in [1.54, 1.807) is 23.5 Å². The normalized spacial score (nSPS) is 14.5. The van der Waals surface area contributed by atoms with E-state index in [2.05, 4.69) is 41.6 Å². The summed E-state index contributed by atoms with van der Waals surface area (Å²) in [5.74, 6) is 1.96. The molecule has 5 rings (SSSR count). The summed E-state index contributed by atoms with van der Waals surface area (Å²) in [4.78, 5) is 24.3. The number of fused-ring (bicyclic) bond motifs is 1. The lowest BCUT2D eigenvalue weighted by Gasteiger charge is -2.30. The average Bonchev–Trinajstić information content (AvgIpc) is 3.39. The zero-order valence-electron chi connectivity index (χ0n) is 23.1. The van der Waals surface area contributed by atoms with Crippen molar-refractivity contribution >= 4 is 50.7 Å². The first-order chi connectivity index (χ1) is 18.8. The van der Waals surface area contributed by atoms with Gasteiger partial charge < -0.3 is 25.0 Å². The molecule has 0 aliphatic carbocycles. The molecule has 1 saturated heterocycles. The number of nitrogens with one attached hydrogen (secondary N) is 2. The Morgan fingerprint density at radius 1 is 1.08 bits per heavy atom. The third kappa shape index (κ3) is 5.99. The molecule has 0 atom stereocenters. The number of esters is 1. The highest BCUT2D eigenvalue weighted by atomic mass is 32.1. The first kappa shape index (κ1) is 26.9. The molecule has 0 radical (unpaired) electrons. The van der Waals surface area contributed by atoms with Crippen LogP contribution in [0.4, 0.5) is 23.1 Å². The molecule has 2 aromatic carbocycles. The number of rotatable bonds is 8. The van der Waals surface area contributed by atoms with Crippen LogP contribution in [0, 0.1) is 6.92 Å². The van der Waals surface area contributed by atoms with E-state index in [0.717, 1.165) is 47.6 Å². The highest BCUT2D eigenvalue weighted by molar-refractivity contribution is 7.17. The minimum atomic E-state index is -0.413. The Hall–Kier alpha value is -3.69. The summed E-state index contributed by atoms with van der Waals surface area (Å²) >= 11 is 1.54. The molecule has 0 amide bonds. The van der Waals surface area contributed by atoms with Gasteiger partial charge in [-0.25, -0.2) is 9.78 Å². The fourth-order valence-electron chi connectivity index (χ4n) is 5.04. The predicted molar refractivity (Wildman–Crippen MR) is 158 cm³/mol. The summed E-state index contributed by atoms with van der Waals surface area (Å²) in [6.07, 6.45) is 2.31. The molecule has 0 unspecified atom stereocenters. The van der Waals surface area contributed by atoms with Crippen LogP contribution in [0.3, 0.4) is 0 Å². The van der Waals surface area contributed by atoms with Crippen LogP contribution in [0.1, 0.15) is 54.1 Å². The van der Waals surface area contributed by atoms with Crippen LogP contribution in [0.2, 0.25) is 0 Å². The molecular weight excluding hydrogens is 510 g/mol. The van der Waals surface area contributed by atoms with Crippen LogP contribution in [-0.4, -0.2) is 54.2 Å². The number of hydrogen-bond acceptors (Lipinski definition) is 9. The molecule has 9 heteroatoms. The van der Waals surface area contributed by atoms with E-state index in [4.69, 9.17) is 19.4 Å². The topological polar surface area (TPSA) is 88.6 Å². The van der Waals surface area contributed by atoms with E-state index in [0.29, 0.717) is 28.9 Å². The van der Waals surface area contributed by atoms with Crippen LogP contribution < -0.4 is 15.4 Å². The van der Waals surface area contributed by atoms with Gasteiger partial charge in [0.25, 0.3) is 0 Å². The Morgan fingerprint density at radius 3 is 2.59 bits per heavy atom. The number of carbonyl (C=O) groups is 1. The van der Waals surface area contributed by atoms with Crippen LogP contribution in [0.5, 0.6) is 5.75 Å². The molecule has 2 N–H and O–H groups in total. The molecule has 2 aromatic heterocycles. The van der Waals surface area contributed by atoms with Crippen LogP contribution in [0.15, 0.2) is 47.8 Å². The van der Waals surface area contributed by atoms with Gasteiger partial charge in [-0.2, -0.15) is 4.98 Å². The van der Waals surface area contributed by atoms with Gasteiger partial charge in [0.1, 0.15) is 5.75 Å². The second-order valence-corrected chi connectivity index (χ2v) is 11.2. The summed E-state index contributed by atoms with van der Waals surface area (Å²) < 4.78 is 12.1. The van der Waals surface area contributed by atoms with Crippen LogP contribution in [-0.2, 0) is 4.74 Å². The zero-order valence-corrected chi connectivity index (χ0v) is 23.9. The predicted octanol–water partition coefficient (Wildman–Crippen LogP) is 6.87. The van der Waals surface area contributed by atoms with E-state index < -0.39 is 5.97 Å². The number of likely N-dealkylation sites (tertiary alicyclic amines) is 1. The summed E-state index contributed by atoms with van der Waals surface area (Å²) in [7, 11) is 3.56. The summed E-state index contributed by atoms with van der Waals surface area (Å²) in [5.41, 5.74) is 5.26. The van der Waals surface area contributed by atoms with Crippen molar-refractivity contribution in [1.29, 1.82) is 0 Å². The standard InChI is InChI=1S/C30H35N5O3S/c1-18(2)38-26-17-22(20-10-13-35(4)14-11-20)19(3)16-25(26)33-30-32-24-12-15-39-27(24)28(34-30)31-23-9-7-6-8-21(23)29(36)37-5/h6-9,12,15-18,20H,10-11,13-14H2,1-5H3,(H2,31,32,33,34). The van der Waals surface area contributed by atoms with Crippen molar-refractivity contribution in [3.63, 3.8) is 0 Å². The number of ether oxygens (including phenoxy) is 2. The first-order valence-corrected chi connectivity index (χ1v) is 14.2. The second-order valence-electron chi connectivity index (χ2n) is 10.3. The quantitative estimate of drug-likeness (QED) is 0.232. The zero-order chi connectivity index (χ0) is 27.5. The van der Waals surface area contributed by atoms with Gasteiger partial charge in [-0.1, -0.05) is 12.1 Å². The first-order valence-electron chi connectivity index (χ1n) is 13.3. The number of thiophene rings is 1. The molecule has 0 spiro atoms. The molecule has 3 heterocycles. The molecule has 1 fully saturated rings. The number of nitrogens with zero attached hydrogens (tertiary/aromatic N) is 3. The maximum absolute atomic E-state index is 12.3. The number of aromatic nitrogens is 2. The van der Waals surface area contributed by atoms with E-state index in [9.17, 15) is 4.79 Å². The Bertz CT molecular complexity index is 1480. The second kappa shape index (κ2) is 11.6.